The molecule has 0 aliphatic heterocycles. The number of rotatable bonds is 3. The third-order valence-electron chi connectivity index (χ3n) is 6.85. The molecule has 2 heteroatoms. The maximum absolute atomic E-state index is 8.92. The standard InChI is InChI=1S/C29H28NO/c1-19-11-12-24-25-17-22-9-5-6-10-23(22)18-27(25)31-29(24)28(19)26-16-21(13-14-30(26)2)15-20-7-3-4-8-20/h5-6,9-14,16-18,20H,3-4,7-8,15H2,1-2H3/q+1/i15D2. The maximum Gasteiger partial charge on any atom is 0.216 e. The van der Waals surface area contributed by atoms with E-state index in [2.05, 4.69) is 60.0 Å². The van der Waals surface area contributed by atoms with Crippen LogP contribution in [0.15, 0.2) is 71.3 Å². The van der Waals surface area contributed by atoms with Gasteiger partial charge in [-0.15, -0.1) is 0 Å². The number of pyridine rings is 1. The first-order chi connectivity index (χ1) is 15.9. The Hall–Kier alpha value is -3.13. The smallest absolute Gasteiger partial charge is 0.216 e. The van der Waals surface area contributed by atoms with Crippen molar-refractivity contribution in [2.75, 3.05) is 0 Å². The highest BCUT2D eigenvalue weighted by molar-refractivity contribution is 6.13. The zero-order chi connectivity index (χ0) is 22.7. The second kappa shape index (κ2) is 7.23. The summed E-state index contributed by atoms with van der Waals surface area (Å²) in [5.41, 5.74) is 5.67. The van der Waals surface area contributed by atoms with Crippen LogP contribution in [-0.2, 0) is 13.4 Å². The third-order valence-corrected chi connectivity index (χ3v) is 6.85. The Balaban J connectivity index is 1.59. The van der Waals surface area contributed by atoms with Crippen LogP contribution in [0.25, 0.3) is 44.0 Å². The molecule has 31 heavy (non-hydrogen) atoms. The van der Waals surface area contributed by atoms with E-state index in [0.29, 0.717) is 0 Å². The summed E-state index contributed by atoms with van der Waals surface area (Å²) in [6.07, 6.45) is 4.86. The molecule has 2 aromatic heterocycles. The van der Waals surface area contributed by atoms with Gasteiger partial charge in [-0.05, 0) is 53.2 Å². The molecule has 3 aromatic carbocycles. The van der Waals surface area contributed by atoms with Gasteiger partial charge in [0.15, 0.2) is 6.20 Å². The van der Waals surface area contributed by atoms with Crippen LogP contribution in [0.2, 0.25) is 0 Å². The fraction of sp³-hybridized carbons (Fsp3) is 0.276. The normalized spacial score (nSPS) is 16.3. The van der Waals surface area contributed by atoms with Gasteiger partial charge in [0.05, 0.1) is 5.56 Å². The molecule has 0 saturated heterocycles. The predicted octanol–water partition coefficient (Wildman–Crippen LogP) is 7.27. The minimum atomic E-state index is -1.33. The molecule has 2 heterocycles. The van der Waals surface area contributed by atoms with Crippen molar-refractivity contribution < 1.29 is 11.7 Å². The Morgan fingerprint density at radius 2 is 1.74 bits per heavy atom. The highest BCUT2D eigenvalue weighted by Crippen LogP contribution is 2.39. The van der Waals surface area contributed by atoms with E-state index < -0.39 is 6.37 Å². The number of aryl methyl sites for hydroxylation is 2. The van der Waals surface area contributed by atoms with Crippen molar-refractivity contribution in [3.05, 3.63) is 78.0 Å². The van der Waals surface area contributed by atoms with E-state index in [0.717, 1.165) is 70.0 Å². The molecule has 2 nitrogen and oxygen atoms in total. The van der Waals surface area contributed by atoms with Gasteiger partial charge in [-0.1, -0.05) is 62.1 Å². The second-order valence-electron chi connectivity index (χ2n) is 8.97. The molecule has 0 bridgehead atoms. The van der Waals surface area contributed by atoms with Crippen LogP contribution in [0, 0.1) is 12.8 Å². The number of benzene rings is 3. The molecule has 0 unspecified atom stereocenters. The lowest BCUT2D eigenvalue weighted by atomic mass is 9.95. The summed E-state index contributed by atoms with van der Waals surface area (Å²) >= 11 is 0. The minimum Gasteiger partial charge on any atom is -0.455 e. The molecule has 0 atom stereocenters. The lowest BCUT2D eigenvalue weighted by Crippen LogP contribution is -2.31. The first-order valence-corrected chi connectivity index (χ1v) is 11.3. The Kier molecular flexibility index (Phi) is 3.86. The average molecular weight is 409 g/mol. The fourth-order valence-electron chi connectivity index (χ4n) is 5.16. The van der Waals surface area contributed by atoms with Gasteiger partial charge in [0.25, 0.3) is 0 Å². The van der Waals surface area contributed by atoms with Crippen LogP contribution in [0.4, 0.5) is 0 Å². The summed E-state index contributed by atoms with van der Waals surface area (Å²) in [5.74, 6) is 0.0913. The van der Waals surface area contributed by atoms with Crippen LogP contribution in [0.5, 0.6) is 0 Å². The van der Waals surface area contributed by atoms with Crippen molar-refractivity contribution in [2.45, 2.75) is 39.0 Å². The van der Waals surface area contributed by atoms with Gasteiger partial charge < -0.3 is 4.42 Å². The summed E-state index contributed by atoms with van der Waals surface area (Å²) in [7, 11) is 2.03. The highest BCUT2D eigenvalue weighted by atomic mass is 16.3. The van der Waals surface area contributed by atoms with Gasteiger partial charge in [-0.3, -0.25) is 0 Å². The van der Waals surface area contributed by atoms with E-state index >= 15 is 0 Å². The molecular weight excluding hydrogens is 378 g/mol. The van der Waals surface area contributed by atoms with E-state index in [9.17, 15) is 0 Å². The van der Waals surface area contributed by atoms with Crippen LogP contribution in [0.1, 0.15) is 39.6 Å². The molecule has 0 amide bonds. The van der Waals surface area contributed by atoms with Gasteiger partial charge >= 0.3 is 0 Å². The number of fused-ring (bicyclic) bond motifs is 4. The predicted molar refractivity (Wildman–Crippen MR) is 128 cm³/mol. The SMILES string of the molecule is [2H]C([2H])(c1cc[n+](C)c(-c2c(C)ccc3c2oc2cc4ccccc4cc23)c1)C1CCCC1. The van der Waals surface area contributed by atoms with Crippen molar-refractivity contribution in [2.24, 2.45) is 13.0 Å². The average Bonchev–Trinajstić information content (AvgIpc) is 3.47. The number of nitrogens with zero attached hydrogens (tertiary/aromatic N) is 1. The second-order valence-corrected chi connectivity index (χ2v) is 8.97. The van der Waals surface area contributed by atoms with Crippen LogP contribution < -0.4 is 4.57 Å². The fourth-order valence-corrected chi connectivity index (χ4v) is 5.16. The molecule has 0 spiro atoms. The highest BCUT2D eigenvalue weighted by Gasteiger charge is 2.22. The summed E-state index contributed by atoms with van der Waals surface area (Å²) in [6.45, 7) is 2.11. The Morgan fingerprint density at radius 1 is 0.968 bits per heavy atom. The van der Waals surface area contributed by atoms with Crippen molar-refractivity contribution in [1.82, 2.24) is 0 Å². The molecule has 1 aliphatic rings. The zero-order valence-corrected chi connectivity index (χ0v) is 18.1. The molecule has 154 valence electrons. The lowest BCUT2D eigenvalue weighted by molar-refractivity contribution is -0.660. The molecule has 6 rings (SSSR count). The number of hydrogen-bond acceptors (Lipinski definition) is 1. The summed E-state index contributed by atoms with van der Waals surface area (Å²) in [4.78, 5) is 0. The van der Waals surface area contributed by atoms with Gasteiger partial charge in [0.2, 0.25) is 5.69 Å². The van der Waals surface area contributed by atoms with Crippen LogP contribution in [0.3, 0.4) is 0 Å². The third kappa shape index (κ3) is 3.13. The quantitative estimate of drug-likeness (QED) is 0.287. The molecule has 1 fully saturated rings. The number of hydrogen-bond donors (Lipinski definition) is 0. The largest absolute Gasteiger partial charge is 0.455 e. The molecule has 1 aliphatic carbocycles. The van der Waals surface area contributed by atoms with Gasteiger partial charge in [-0.25, -0.2) is 4.57 Å². The van der Waals surface area contributed by atoms with Gasteiger partial charge in [0.1, 0.15) is 18.2 Å². The monoisotopic (exact) mass is 408 g/mol. The summed E-state index contributed by atoms with van der Waals surface area (Å²) in [6, 6.07) is 21.0. The number of furan rings is 1. The summed E-state index contributed by atoms with van der Waals surface area (Å²) < 4.78 is 26.4. The number of aromatic nitrogens is 1. The summed E-state index contributed by atoms with van der Waals surface area (Å²) in [5, 5.41) is 4.58. The Labute approximate surface area is 185 Å². The molecular formula is C29H28NO+. The molecule has 1 saturated carbocycles. The van der Waals surface area contributed by atoms with Crippen molar-refractivity contribution in [3.63, 3.8) is 0 Å². The first kappa shape index (κ1) is 16.5. The topological polar surface area (TPSA) is 17.0 Å². The minimum absolute atomic E-state index is 0.0913. The van der Waals surface area contributed by atoms with E-state index in [4.69, 9.17) is 7.16 Å². The van der Waals surface area contributed by atoms with E-state index in [-0.39, 0.29) is 5.92 Å². The van der Waals surface area contributed by atoms with Crippen molar-refractivity contribution in [1.29, 1.82) is 0 Å². The molecule has 5 aromatic rings. The van der Waals surface area contributed by atoms with Crippen molar-refractivity contribution >= 4 is 32.7 Å². The molecule has 0 radical (unpaired) electrons. The lowest BCUT2D eigenvalue weighted by Gasteiger charge is -2.10. The Bertz CT molecular complexity index is 1530. The zero-order valence-electron chi connectivity index (χ0n) is 20.1. The van der Waals surface area contributed by atoms with Gasteiger partial charge in [0, 0.05) is 25.6 Å². The van der Waals surface area contributed by atoms with E-state index in [1.165, 1.54) is 10.8 Å². The van der Waals surface area contributed by atoms with Crippen LogP contribution in [-0.4, -0.2) is 0 Å². The molecule has 0 N–H and O–H groups in total. The van der Waals surface area contributed by atoms with Gasteiger partial charge in [-0.2, -0.15) is 0 Å². The van der Waals surface area contributed by atoms with E-state index in [1.54, 1.807) is 0 Å². The Morgan fingerprint density at radius 3 is 2.55 bits per heavy atom. The van der Waals surface area contributed by atoms with Crippen molar-refractivity contribution in [3.8, 4) is 11.3 Å². The van der Waals surface area contributed by atoms with E-state index in [1.807, 2.05) is 25.4 Å². The maximum atomic E-state index is 8.92. The van der Waals surface area contributed by atoms with Crippen LogP contribution >= 0.6 is 0 Å². The first-order valence-electron chi connectivity index (χ1n) is 12.3.